The quantitative estimate of drug-likeness (QED) is 0.611. The van der Waals surface area contributed by atoms with Gasteiger partial charge in [-0.25, -0.2) is 12.7 Å². The molecule has 12 heavy (non-hydrogen) atoms. The molecule has 0 bridgehead atoms. The molecule has 0 unspecified atom stereocenters. The van der Waals surface area contributed by atoms with Crippen LogP contribution in [-0.2, 0) is 10.0 Å². The molecule has 6 heteroatoms. The maximum atomic E-state index is 11.1. The molecule has 70 valence electrons. The second-order valence-electron chi connectivity index (χ2n) is 2.38. The van der Waals surface area contributed by atoms with Gasteiger partial charge in [0.1, 0.15) is 0 Å². The first-order valence-electron chi connectivity index (χ1n) is 3.55. The van der Waals surface area contributed by atoms with Gasteiger partial charge in [-0.15, -0.1) is 0 Å². The minimum atomic E-state index is -3.37. The normalized spacial score (nSPS) is 11.5. The molecule has 0 aromatic heterocycles. The SMILES string of the molecule is CN(CCCN)S(=O)(=O)CC#N. The lowest BCUT2D eigenvalue weighted by Crippen LogP contribution is -2.30. The fraction of sp³-hybridized carbons (Fsp3) is 0.833. The lowest BCUT2D eigenvalue weighted by molar-refractivity contribution is 0.466. The Morgan fingerprint density at radius 3 is 2.58 bits per heavy atom. The molecule has 0 spiro atoms. The van der Waals surface area contributed by atoms with E-state index in [4.69, 9.17) is 11.0 Å². The van der Waals surface area contributed by atoms with Crippen molar-refractivity contribution in [1.82, 2.24) is 4.31 Å². The number of hydrogen-bond donors (Lipinski definition) is 1. The molecule has 0 rings (SSSR count). The Labute approximate surface area is 72.8 Å². The molecule has 0 aliphatic rings. The molecule has 0 amide bonds. The van der Waals surface area contributed by atoms with Crippen molar-refractivity contribution in [2.75, 3.05) is 25.9 Å². The van der Waals surface area contributed by atoms with Crippen LogP contribution in [0.3, 0.4) is 0 Å². The molecule has 0 aliphatic heterocycles. The Hall–Kier alpha value is -0.640. The number of rotatable bonds is 5. The van der Waals surface area contributed by atoms with Crippen LogP contribution in [0, 0.1) is 11.3 Å². The van der Waals surface area contributed by atoms with Crippen molar-refractivity contribution in [1.29, 1.82) is 5.26 Å². The summed E-state index contributed by atoms with van der Waals surface area (Å²) in [6.45, 7) is 0.826. The van der Waals surface area contributed by atoms with Crippen LogP contribution in [-0.4, -0.2) is 38.6 Å². The summed E-state index contributed by atoms with van der Waals surface area (Å²) in [4.78, 5) is 0. The van der Waals surface area contributed by atoms with Crippen molar-refractivity contribution < 1.29 is 8.42 Å². The Balaban J connectivity index is 4.09. The molecule has 0 heterocycles. The van der Waals surface area contributed by atoms with Gasteiger partial charge in [0.05, 0.1) is 6.07 Å². The summed E-state index contributed by atoms with van der Waals surface area (Å²) in [5, 5.41) is 8.20. The first-order valence-corrected chi connectivity index (χ1v) is 5.16. The number of nitriles is 1. The van der Waals surface area contributed by atoms with Crippen LogP contribution in [0.1, 0.15) is 6.42 Å². The second-order valence-corrected chi connectivity index (χ2v) is 4.45. The van der Waals surface area contributed by atoms with Crippen LogP contribution in [0.2, 0.25) is 0 Å². The van der Waals surface area contributed by atoms with E-state index in [1.165, 1.54) is 7.05 Å². The average molecular weight is 191 g/mol. The Morgan fingerprint density at radius 1 is 1.58 bits per heavy atom. The zero-order chi connectivity index (χ0) is 9.61. The molecule has 0 saturated carbocycles. The van der Waals surface area contributed by atoms with Crippen LogP contribution >= 0.6 is 0 Å². The predicted molar refractivity (Wildman–Crippen MR) is 45.7 cm³/mol. The second kappa shape index (κ2) is 5.09. The van der Waals surface area contributed by atoms with Gasteiger partial charge in [0.25, 0.3) is 0 Å². The van der Waals surface area contributed by atoms with Crippen molar-refractivity contribution in [3.63, 3.8) is 0 Å². The van der Waals surface area contributed by atoms with Gasteiger partial charge in [0.15, 0.2) is 5.75 Å². The van der Waals surface area contributed by atoms with Crippen LogP contribution in [0.15, 0.2) is 0 Å². The number of hydrogen-bond acceptors (Lipinski definition) is 4. The van der Waals surface area contributed by atoms with E-state index in [-0.39, 0.29) is 0 Å². The van der Waals surface area contributed by atoms with Crippen LogP contribution in [0.4, 0.5) is 0 Å². The first-order chi connectivity index (χ1) is 5.54. The minimum Gasteiger partial charge on any atom is -0.330 e. The largest absolute Gasteiger partial charge is 0.330 e. The Bertz CT molecular complexity index is 254. The fourth-order valence-corrected chi connectivity index (χ4v) is 1.44. The molecular weight excluding hydrogens is 178 g/mol. The van der Waals surface area contributed by atoms with Gasteiger partial charge in [-0.3, -0.25) is 0 Å². The highest BCUT2D eigenvalue weighted by molar-refractivity contribution is 7.89. The van der Waals surface area contributed by atoms with Gasteiger partial charge in [-0.05, 0) is 13.0 Å². The van der Waals surface area contributed by atoms with E-state index in [1.54, 1.807) is 6.07 Å². The van der Waals surface area contributed by atoms with E-state index in [0.717, 1.165) is 4.31 Å². The highest BCUT2D eigenvalue weighted by Crippen LogP contribution is 1.97. The minimum absolute atomic E-state index is 0.376. The zero-order valence-electron chi connectivity index (χ0n) is 7.02. The zero-order valence-corrected chi connectivity index (χ0v) is 7.84. The smallest absolute Gasteiger partial charge is 0.227 e. The average Bonchev–Trinajstić information content (AvgIpc) is 2.00. The van der Waals surface area contributed by atoms with E-state index in [1.807, 2.05) is 0 Å². The van der Waals surface area contributed by atoms with Crippen molar-refractivity contribution in [3.8, 4) is 6.07 Å². The molecule has 2 N–H and O–H groups in total. The number of nitrogens with two attached hydrogens (primary N) is 1. The van der Waals surface area contributed by atoms with Gasteiger partial charge in [0.2, 0.25) is 10.0 Å². The third kappa shape index (κ3) is 3.67. The lowest BCUT2D eigenvalue weighted by atomic mass is 10.4. The molecule has 0 aliphatic carbocycles. The molecule has 5 nitrogen and oxygen atoms in total. The summed E-state index contributed by atoms with van der Waals surface area (Å²) < 4.78 is 23.4. The topological polar surface area (TPSA) is 87.2 Å². The van der Waals surface area contributed by atoms with E-state index < -0.39 is 15.8 Å². The maximum Gasteiger partial charge on any atom is 0.227 e. The van der Waals surface area contributed by atoms with Crippen molar-refractivity contribution in [2.24, 2.45) is 5.73 Å². The highest BCUT2D eigenvalue weighted by atomic mass is 32.2. The maximum absolute atomic E-state index is 11.1. The van der Waals surface area contributed by atoms with Crippen molar-refractivity contribution >= 4 is 10.0 Å². The van der Waals surface area contributed by atoms with E-state index in [2.05, 4.69) is 0 Å². The highest BCUT2D eigenvalue weighted by Gasteiger charge is 2.15. The molecular formula is C6H13N3O2S. The monoisotopic (exact) mass is 191 g/mol. The van der Waals surface area contributed by atoms with Gasteiger partial charge in [-0.1, -0.05) is 0 Å². The Morgan fingerprint density at radius 2 is 2.17 bits per heavy atom. The molecule has 0 fully saturated rings. The van der Waals surface area contributed by atoms with Crippen molar-refractivity contribution in [2.45, 2.75) is 6.42 Å². The molecule has 0 aromatic carbocycles. The van der Waals surface area contributed by atoms with Gasteiger partial charge >= 0.3 is 0 Å². The van der Waals surface area contributed by atoms with E-state index in [9.17, 15) is 8.42 Å². The van der Waals surface area contributed by atoms with Crippen molar-refractivity contribution in [3.05, 3.63) is 0 Å². The first kappa shape index (κ1) is 11.4. The summed E-state index contributed by atoms with van der Waals surface area (Å²) in [7, 11) is -1.92. The summed E-state index contributed by atoms with van der Waals surface area (Å²) in [5.74, 6) is -0.464. The Kier molecular flexibility index (Phi) is 4.81. The fourth-order valence-electron chi connectivity index (χ4n) is 0.645. The molecule has 0 radical (unpaired) electrons. The van der Waals surface area contributed by atoms with Gasteiger partial charge in [0, 0.05) is 13.6 Å². The predicted octanol–water partition coefficient (Wildman–Crippen LogP) is -0.880. The third-order valence-corrected chi connectivity index (χ3v) is 3.03. The van der Waals surface area contributed by atoms with Crippen LogP contribution < -0.4 is 5.73 Å². The summed E-state index contributed by atoms with van der Waals surface area (Å²) in [5.41, 5.74) is 5.21. The summed E-state index contributed by atoms with van der Waals surface area (Å²) in [6, 6.07) is 1.60. The standard InChI is InChI=1S/C6H13N3O2S/c1-9(5-2-3-7)12(10,11)6-4-8/h2-3,5-7H2,1H3. The van der Waals surface area contributed by atoms with Gasteiger partial charge < -0.3 is 5.73 Å². The number of nitrogens with zero attached hydrogens (tertiary/aromatic N) is 2. The molecule has 0 atom stereocenters. The lowest BCUT2D eigenvalue weighted by Gasteiger charge is -2.13. The van der Waals surface area contributed by atoms with E-state index in [0.29, 0.717) is 19.5 Å². The summed E-state index contributed by atoms with van der Waals surface area (Å²) >= 11 is 0. The van der Waals surface area contributed by atoms with Crippen LogP contribution in [0.25, 0.3) is 0 Å². The molecule has 0 aromatic rings. The molecule has 0 saturated heterocycles. The third-order valence-electron chi connectivity index (χ3n) is 1.40. The van der Waals surface area contributed by atoms with E-state index >= 15 is 0 Å². The van der Waals surface area contributed by atoms with Crippen LogP contribution in [0.5, 0.6) is 0 Å². The number of sulfonamides is 1. The van der Waals surface area contributed by atoms with Gasteiger partial charge in [-0.2, -0.15) is 5.26 Å². The summed E-state index contributed by atoms with van der Waals surface area (Å²) in [6.07, 6.45) is 0.612.